The second-order valence-corrected chi connectivity index (χ2v) is 11.8. The quantitative estimate of drug-likeness (QED) is 0.313. The van der Waals surface area contributed by atoms with Crippen molar-refractivity contribution in [2.45, 2.75) is 38.9 Å². The molecular formula is C35H40N4O4. The van der Waals surface area contributed by atoms with E-state index >= 15 is 0 Å². The maximum absolute atomic E-state index is 13.3. The largest absolute Gasteiger partial charge is 0.497 e. The van der Waals surface area contributed by atoms with E-state index in [9.17, 15) is 9.59 Å². The van der Waals surface area contributed by atoms with Gasteiger partial charge in [-0.1, -0.05) is 42.0 Å². The minimum absolute atomic E-state index is 0.0183. The Hall–Kier alpha value is -4.14. The zero-order chi connectivity index (χ0) is 29.8. The number of furan rings is 1. The standard InChI is InChI=1S/C35H40N4O4/c1-25-6-8-26(9-7-25)23-38-16-18-39(19-17-38)35(41)28-10-11-32-29(21-28)22-33(43-32)34(40)36-30-12-14-37(15-13-30)24-27-4-3-5-31(20-27)42-2/h3-11,20-22,30H,12-19,23-24H2,1-2H3,(H,36,40). The third-order valence-electron chi connectivity index (χ3n) is 8.64. The van der Waals surface area contributed by atoms with E-state index in [4.69, 9.17) is 9.15 Å². The van der Waals surface area contributed by atoms with Gasteiger partial charge in [-0.2, -0.15) is 0 Å². The van der Waals surface area contributed by atoms with Gasteiger partial charge in [-0.05, 0) is 67.3 Å². The lowest BCUT2D eigenvalue weighted by Crippen LogP contribution is -2.48. The van der Waals surface area contributed by atoms with E-state index in [0.717, 1.165) is 63.2 Å². The van der Waals surface area contributed by atoms with Gasteiger partial charge in [0.2, 0.25) is 0 Å². The number of carbonyl (C=O) groups is 2. The van der Waals surface area contributed by atoms with Crippen molar-refractivity contribution in [3.63, 3.8) is 0 Å². The van der Waals surface area contributed by atoms with Crippen molar-refractivity contribution in [1.29, 1.82) is 0 Å². The van der Waals surface area contributed by atoms with E-state index in [2.05, 4.69) is 58.4 Å². The number of likely N-dealkylation sites (tertiary alicyclic amines) is 1. The maximum atomic E-state index is 13.3. The maximum Gasteiger partial charge on any atom is 0.287 e. The van der Waals surface area contributed by atoms with Gasteiger partial charge in [0, 0.05) is 69.3 Å². The molecule has 1 aromatic heterocycles. The Kier molecular flexibility index (Phi) is 8.77. The number of carbonyl (C=O) groups excluding carboxylic acids is 2. The smallest absolute Gasteiger partial charge is 0.287 e. The number of methoxy groups -OCH3 is 1. The topological polar surface area (TPSA) is 78.3 Å². The third kappa shape index (κ3) is 7.09. The Morgan fingerprint density at radius 1 is 0.837 bits per heavy atom. The van der Waals surface area contributed by atoms with Crippen molar-refractivity contribution in [3.05, 3.63) is 101 Å². The first-order valence-electron chi connectivity index (χ1n) is 15.2. The van der Waals surface area contributed by atoms with Crippen molar-refractivity contribution in [1.82, 2.24) is 20.0 Å². The molecule has 0 saturated carbocycles. The number of piperidine rings is 1. The molecule has 43 heavy (non-hydrogen) atoms. The monoisotopic (exact) mass is 580 g/mol. The van der Waals surface area contributed by atoms with Crippen molar-refractivity contribution in [2.75, 3.05) is 46.4 Å². The van der Waals surface area contributed by atoms with Crippen molar-refractivity contribution in [2.24, 2.45) is 0 Å². The van der Waals surface area contributed by atoms with E-state index in [1.165, 1.54) is 16.7 Å². The van der Waals surface area contributed by atoms with Gasteiger partial charge in [0.25, 0.3) is 11.8 Å². The van der Waals surface area contributed by atoms with Gasteiger partial charge in [-0.3, -0.25) is 19.4 Å². The van der Waals surface area contributed by atoms with Crippen molar-refractivity contribution in [3.8, 4) is 5.75 Å². The second kappa shape index (κ2) is 13.0. The Morgan fingerprint density at radius 2 is 1.56 bits per heavy atom. The van der Waals surface area contributed by atoms with Crippen molar-refractivity contribution < 1.29 is 18.7 Å². The number of rotatable bonds is 8. The summed E-state index contributed by atoms with van der Waals surface area (Å²) in [4.78, 5) is 33.1. The molecule has 3 aromatic carbocycles. The summed E-state index contributed by atoms with van der Waals surface area (Å²) in [5, 5.41) is 3.92. The molecule has 2 aliphatic heterocycles. The van der Waals surface area contributed by atoms with E-state index in [1.54, 1.807) is 25.3 Å². The molecule has 1 N–H and O–H groups in total. The summed E-state index contributed by atoms with van der Waals surface area (Å²) < 4.78 is 11.2. The average Bonchev–Trinajstić information content (AvgIpc) is 3.47. The predicted molar refractivity (Wildman–Crippen MR) is 167 cm³/mol. The van der Waals surface area contributed by atoms with Crippen LogP contribution in [0.1, 0.15) is 50.4 Å². The molecule has 0 spiro atoms. The fraction of sp³-hybridized carbons (Fsp3) is 0.371. The van der Waals surface area contributed by atoms with Crippen LogP contribution >= 0.6 is 0 Å². The normalized spacial score (nSPS) is 16.8. The molecule has 0 radical (unpaired) electrons. The number of fused-ring (bicyclic) bond motifs is 1. The first-order valence-corrected chi connectivity index (χ1v) is 15.2. The summed E-state index contributed by atoms with van der Waals surface area (Å²) in [6.07, 6.45) is 1.76. The molecule has 0 unspecified atom stereocenters. The number of piperazine rings is 1. The fourth-order valence-corrected chi connectivity index (χ4v) is 6.05. The van der Waals surface area contributed by atoms with Crippen LogP contribution in [0.5, 0.6) is 5.75 Å². The molecule has 0 bridgehead atoms. The van der Waals surface area contributed by atoms with Gasteiger partial charge >= 0.3 is 0 Å². The molecule has 224 valence electrons. The minimum atomic E-state index is -0.208. The number of hydrogen-bond donors (Lipinski definition) is 1. The molecule has 0 atom stereocenters. The molecule has 8 nitrogen and oxygen atoms in total. The first-order chi connectivity index (χ1) is 20.9. The Balaban J connectivity index is 0.998. The van der Waals surface area contributed by atoms with Crippen LogP contribution in [0.2, 0.25) is 0 Å². The van der Waals surface area contributed by atoms with Gasteiger partial charge in [0.1, 0.15) is 11.3 Å². The molecule has 2 saturated heterocycles. The van der Waals surface area contributed by atoms with E-state index in [-0.39, 0.29) is 23.6 Å². The lowest BCUT2D eigenvalue weighted by atomic mass is 10.0. The van der Waals surface area contributed by atoms with Crippen LogP contribution in [0.25, 0.3) is 11.0 Å². The minimum Gasteiger partial charge on any atom is -0.497 e. The molecule has 6 rings (SSSR count). The van der Waals surface area contributed by atoms with Crippen LogP contribution in [0.4, 0.5) is 0 Å². The highest BCUT2D eigenvalue weighted by Gasteiger charge is 2.25. The van der Waals surface area contributed by atoms with Crippen LogP contribution in [0.3, 0.4) is 0 Å². The zero-order valence-electron chi connectivity index (χ0n) is 25.1. The van der Waals surface area contributed by atoms with Gasteiger partial charge in [-0.15, -0.1) is 0 Å². The van der Waals surface area contributed by atoms with E-state index in [1.807, 2.05) is 23.1 Å². The number of ether oxygens (including phenoxy) is 1. The molecule has 0 aliphatic carbocycles. The average molecular weight is 581 g/mol. The van der Waals surface area contributed by atoms with Crippen LogP contribution in [0, 0.1) is 6.92 Å². The predicted octanol–water partition coefficient (Wildman–Crippen LogP) is 5.10. The fourth-order valence-electron chi connectivity index (χ4n) is 6.05. The summed E-state index contributed by atoms with van der Waals surface area (Å²) in [6.45, 7) is 8.76. The molecule has 2 aliphatic rings. The molecule has 2 amide bonds. The zero-order valence-corrected chi connectivity index (χ0v) is 25.1. The Morgan fingerprint density at radius 3 is 2.30 bits per heavy atom. The van der Waals surface area contributed by atoms with Crippen molar-refractivity contribution >= 4 is 22.8 Å². The van der Waals surface area contributed by atoms with Crippen LogP contribution in [0.15, 0.2) is 77.2 Å². The SMILES string of the molecule is COc1cccc(CN2CCC(NC(=O)c3cc4cc(C(=O)N5CCN(Cc6ccc(C)cc6)CC5)ccc4o3)CC2)c1. The summed E-state index contributed by atoms with van der Waals surface area (Å²) in [5.41, 5.74) is 5.01. The highest BCUT2D eigenvalue weighted by Crippen LogP contribution is 2.23. The van der Waals surface area contributed by atoms with Gasteiger partial charge < -0.3 is 19.4 Å². The first kappa shape index (κ1) is 29.0. The highest BCUT2D eigenvalue weighted by molar-refractivity contribution is 6.00. The van der Waals surface area contributed by atoms with Gasteiger partial charge in [0.05, 0.1) is 7.11 Å². The van der Waals surface area contributed by atoms with Crippen LogP contribution in [-0.2, 0) is 13.1 Å². The molecule has 2 fully saturated rings. The molecular weight excluding hydrogens is 540 g/mol. The van der Waals surface area contributed by atoms with Gasteiger partial charge in [-0.25, -0.2) is 0 Å². The Bertz CT molecular complexity index is 1560. The number of aryl methyl sites for hydroxylation is 1. The summed E-state index contributed by atoms with van der Waals surface area (Å²) in [6, 6.07) is 24.1. The number of nitrogens with one attached hydrogen (secondary N) is 1. The Labute approximate surface area is 253 Å². The van der Waals surface area contributed by atoms with E-state index < -0.39 is 0 Å². The van der Waals surface area contributed by atoms with E-state index in [0.29, 0.717) is 24.2 Å². The number of hydrogen-bond acceptors (Lipinski definition) is 6. The number of amides is 2. The van der Waals surface area contributed by atoms with Crippen LogP contribution < -0.4 is 10.1 Å². The molecule has 8 heteroatoms. The summed E-state index contributed by atoms with van der Waals surface area (Å²) >= 11 is 0. The highest BCUT2D eigenvalue weighted by atomic mass is 16.5. The number of benzene rings is 3. The number of nitrogens with zero attached hydrogens (tertiary/aromatic N) is 3. The van der Waals surface area contributed by atoms with Crippen LogP contribution in [-0.4, -0.2) is 78.9 Å². The second-order valence-electron chi connectivity index (χ2n) is 11.8. The lowest BCUT2D eigenvalue weighted by molar-refractivity contribution is 0.0628. The molecule has 3 heterocycles. The summed E-state index contributed by atoms with van der Waals surface area (Å²) in [7, 11) is 1.68. The van der Waals surface area contributed by atoms with Gasteiger partial charge in [0.15, 0.2) is 5.76 Å². The molecule has 4 aromatic rings. The summed E-state index contributed by atoms with van der Waals surface area (Å²) in [5.74, 6) is 0.960. The third-order valence-corrected chi connectivity index (χ3v) is 8.64. The lowest BCUT2D eigenvalue weighted by Gasteiger charge is -2.34.